The van der Waals surface area contributed by atoms with E-state index < -0.39 is 0 Å². The number of aliphatic imine (C=N–C) groups is 1. The molecule has 0 radical (unpaired) electrons. The molecule has 23 heavy (non-hydrogen) atoms. The van der Waals surface area contributed by atoms with Crippen molar-refractivity contribution in [3.8, 4) is 0 Å². The highest BCUT2D eigenvalue weighted by Crippen LogP contribution is 2.24. The van der Waals surface area contributed by atoms with Gasteiger partial charge in [0.15, 0.2) is 5.96 Å². The third-order valence-electron chi connectivity index (χ3n) is 4.95. The first-order valence-corrected chi connectivity index (χ1v) is 8.30. The van der Waals surface area contributed by atoms with Crippen LogP contribution in [0.1, 0.15) is 25.7 Å². The molecule has 0 bridgehead atoms. The quantitative estimate of drug-likeness (QED) is 0.464. The van der Waals surface area contributed by atoms with Crippen molar-refractivity contribution in [2.75, 3.05) is 54.1 Å². The first-order chi connectivity index (χ1) is 11.1. The van der Waals surface area contributed by atoms with Gasteiger partial charge in [0.1, 0.15) is 0 Å². The number of rotatable bonds is 4. The summed E-state index contributed by atoms with van der Waals surface area (Å²) in [5.74, 6) is 0.777. The SMILES string of the molecule is CN=C(NCC1(OC)CCOCC1)N1CCC(C(=O)OC)CC1. The second kappa shape index (κ2) is 8.49. The topological polar surface area (TPSA) is 72.4 Å². The summed E-state index contributed by atoms with van der Waals surface area (Å²) in [6, 6.07) is 0. The van der Waals surface area contributed by atoms with Crippen molar-refractivity contribution in [2.24, 2.45) is 10.9 Å². The highest BCUT2D eigenvalue weighted by atomic mass is 16.5. The largest absolute Gasteiger partial charge is 0.469 e. The Morgan fingerprint density at radius 3 is 2.48 bits per heavy atom. The van der Waals surface area contributed by atoms with Gasteiger partial charge in [-0.2, -0.15) is 0 Å². The van der Waals surface area contributed by atoms with Gasteiger partial charge < -0.3 is 24.4 Å². The van der Waals surface area contributed by atoms with Crippen LogP contribution in [-0.2, 0) is 19.0 Å². The summed E-state index contributed by atoms with van der Waals surface area (Å²) in [5, 5.41) is 3.44. The van der Waals surface area contributed by atoms with E-state index in [1.54, 1.807) is 14.2 Å². The zero-order valence-corrected chi connectivity index (χ0v) is 14.5. The number of methoxy groups -OCH3 is 2. The van der Waals surface area contributed by atoms with Crippen LogP contribution >= 0.6 is 0 Å². The summed E-state index contributed by atoms with van der Waals surface area (Å²) in [6.45, 7) is 3.80. The van der Waals surface area contributed by atoms with Crippen molar-refractivity contribution in [3.63, 3.8) is 0 Å². The van der Waals surface area contributed by atoms with Gasteiger partial charge >= 0.3 is 5.97 Å². The smallest absolute Gasteiger partial charge is 0.308 e. The van der Waals surface area contributed by atoms with Gasteiger partial charge in [0, 0.05) is 59.8 Å². The average Bonchev–Trinajstić information content (AvgIpc) is 2.63. The lowest BCUT2D eigenvalue weighted by atomic mass is 9.94. The van der Waals surface area contributed by atoms with Gasteiger partial charge in [-0.25, -0.2) is 0 Å². The molecule has 0 aromatic heterocycles. The molecule has 0 atom stereocenters. The fourth-order valence-corrected chi connectivity index (χ4v) is 3.26. The minimum atomic E-state index is -0.182. The molecule has 0 saturated carbocycles. The predicted molar refractivity (Wildman–Crippen MR) is 87.5 cm³/mol. The fraction of sp³-hybridized carbons (Fsp3) is 0.875. The van der Waals surface area contributed by atoms with Gasteiger partial charge in [-0.15, -0.1) is 0 Å². The summed E-state index contributed by atoms with van der Waals surface area (Å²) >= 11 is 0. The van der Waals surface area contributed by atoms with Crippen LogP contribution in [0.15, 0.2) is 4.99 Å². The summed E-state index contributed by atoms with van der Waals surface area (Å²) in [4.78, 5) is 18.2. The van der Waals surface area contributed by atoms with Gasteiger partial charge in [0.05, 0.1) is 18.6 Å². The van der Waals surface area contributed by atoms with Crippen LogP contribution in [0.25, 0.3) is 0 Å². The van der Waals surface area contributed by atoms with E-state index in [2.05, 4.69) is 15.2 Å². The Hall–Kier alpha value is -1.34. The molecule has 2 heterocycles. The van der Waals surface area contributed by atoms with Crippen LogP contribution in [0.4, 0.5) is 0 Å². The number of esters is 1. The Labute approximate surface area is 138 Å². The molecule has 7 nitrogen and oxygen atoms in total. The van der Waals surface area contributed by atoms with Crippen LogP contribution in [0, 0.1) is 5.92 Å². The minimum Gasteiger partial charge on any atom is -0.469 e. The summed E-state index contributed by atoms with van der Waals surface area (Å²) < 4.78 is 16.0. The van der Waals surface area contributed by atoms with E-state index in [1.165, 1.54) is 7.11 Å². The van der Waals surface area contributed by atoms with Crippen LogP contribution in [0.5, 0.6) is 0 Å². The third kappa shape index (κ3) is 4.57. The molecule has 1 N–H and O–H groups in total. The second-order valence-corrected chi connectivity index (χ2v) is 6.18. The van der Waals surface area contributed by atoms with E-state index in [0.29, 0.717) is 0 Å². The van der Waals surface area contributed by atoms with Gasteiger partial charge in [-0.05, 0) is 12.8 Å². The fourth-order valence-electron chi connectivity index (χ4n) is 3.26. The molecule has 2 aliphatic heterocycles. The Kier molecular flexibility index (Phi) is 6.65. The molecule has 0 unspecified atom stereocenters. The second-order valence-electron chi connectivity index (χ2n) is 6.18. The average molecular weight is 327 g/mol. The van der Waals surface area contributed by atoms with E-state index in [0.717, 1.165) is 64.5 Å². The molecule has 2 rings (SSSR count). The maximum absolute atomic E-state index is 11.6. The summed E-state index contributed by atoms with van der Waals surface area (Å²) in [6.07, 6.45) is 3.38. The van der Waals surface area contributed by atoms with Crippen molar-refractivity contribution < 1.29 is 19.0 Å². The number of nitrogens with zero attached hydrogens (tertiary/aromatic N) is 2. The van der Waals surface area contributed by atoms with Crippen LogP contribution < -0.4 is 5.32 Å². The number of nitrogens with one attached hydrogen (secondary N) is 1. The lowest BCUT2D eigenvalue weighted by molar-refractivity contribution is -0.146. The lowest BCUT2D eigenvalue weighted by Crippen LogP contribution is -2.53. The van der Waals surface area contributed by atoms with Crippen LogP contribution in [0.3, 0.4) is 0 Å². The highest BCUT2D eigenvalue weighted by molar-refractivity contribution is 5.80. The van der Waals surface area contributed by atoms with Crippen molar-refractivity contribution in [2.45, 2.75) is 31.3 Å². The summed E-state index contributed by atoms with van der Waals surface area (Å²) in [5.41, 5.74) is -0.182. The molecule has 2 fully saturated rings. The molecule has 2 saturated heterocycles. The molecule has 0 aromatic carbocycles. The Bertz CT molecular complexity index is 414. The Morgan fingerprint density at radius 2 is 1.96 bits per heavy atom. The molecule has 132 valence electrons. The zero-order valence-electron chi connectivity index (χ0n) is 14.5. The first kappa shape index (κ1) is 18.0. The number of carbonyl (C=O) groups excluding carboxylic acids is 1. The first-order valence-electron chi connectivity index (χ1n) is 8.30. The molecular formula is C16H29N3O4. The van der Waals surface area contributed by atoms with Crippen LogP contribution in [-0.4, -0.2) is 76.5 Å². The van der Waals surface area contributed by atoms with Crippen LogP contribution in [0.2, 0.25) is 0 Å². The number of carbonyl (C=O) groups is 1. The number of guanidine groups is 1. The van der Waals surface area contributed by atoms with E-state index in [4.69, 9.17) is 14.2 Å². The number of piperidine rings is 1. The zero-order chi connectivity index (χ0) is 16.7. The van der Waals surface area contributed by atoms with Gasteiger partial charge in [0.25, 0.3) is 0 Å². The molecule has 7 heteroatoms. The highest BCUT2D eigenvalue weighted by Gasteiger charge is 2.33. The normalized spacial score (nSPS) is 22.7. The van der Waals surface area contributed by atoms with Crippen molar-refractivity contribution in [3.05, 3.63) is 0 Å². The Balaban J connectivity index is 1.85. The summed E-state index contributed by atoms with van der Waals surface area (Å²) in [7, 11) is 5.00. The minimum absolute atomic E-state index is 0.00941. The molecule has 0 aromatic rings. The number of hydrogen-bond donors (Lipinski definition) is 1. The number of hydrogen-bond acceptors (Lipinski definition) is 5. The van der Waals surface area contributed by atoms with E-state index in [9.17, 15) is 4.79 Å². The van der Waals surface area contributed by atoms with E-state index >= 15 is 0 Å². The van der Waals surface area contributed by atoms with E-state index in [1.807, 2.05) is 0 Å². The number of likely N-dealkylation sites (tertiary alicyclic amines) is 1. The molecule has 0 aliphatic carbocycles. The monoisotopic (exact) mass is 327 g/mol. The maximum Gasteiger partial charge on any atom is 0.308 e. The van der Waals surface area contributed by atoms with Crippen molar-refractivity contribution in [1.29, 1.82) is 0 Å². The molecule has 0 amide bonds. The predicted octanol–water partition coefficient (Wildman–Crippen LogP) is 0.642. The van der Waals surface area contributed by atoms with Crippen molar-refractivity contribution >= 4 is 11.9 Å². The van der Waals surface area contributed by atoms with Gasteiger partial charge in [0.2, 0.25) is 0 Å². The van der Waals surface area contributed by atoms with Gasteiger partial charge in [-0.3, -0.25) is 9.79 Å². The third-order valence-corrected chi connectivity index (χ3v) is 4.95. The molecule has 2 aliphatic rings. The standard InChI is InChI=1S/C16H29N3O4/c1-17-15(18-12-16(22-3)6-10-23-11-7-16)19-8-4-13(5-9-19)14(20)21-2/h13H,4-12H2,1-3H3,(H,17,18). The van der Waals surface area contributed by atoms with E-state index in [-0.39, 0.29) is 17.5 Å². The Morgan fingerprint density at radius 1 is 1.30 bits per heavy atom. The van der Waals surface area contributed by atoms with Crippen molar-refractivity contribution in [1.82, 2.24) is 10.2 Å². The number of ether oxygens (including phenoxy) is 3. The molecule has 0 spiro atoms. The molecular weight excluding hydrogens is 298 g/mol. The van der Waals surface area contributed by atoms with Gasteiger partial charge in [-0.1, -0.05) is 0 Å². The lowest BCUT2D eigenvalue weighted by Gasteiger charge is -2.38. The maximum atomic E-state index is 11.6.